The lowest BCUT2D eigenvalue weighted by atomic mass is 9.98. The summed E-state index contributed by atoms with van der Waals surface area (Å²) in [6.07, 6.45) is 2.92. The van der Waals surface area contributed by atoms with E-state index in [9.17, 15) is 0 Å². The summed E-state index contributed by atoms with van der Waals surface area (Å²) in [7, 11) is 0. The van der Waals surface area contributed by atoms with Gasteiger partial charge >= 0.3 is 0 Å². The molecule has 1 N–H and O–H groups in total. The third-order valence-corrected chi connectivity index (χ3v) is 3.66. The maximum atomic E-state index is 5.41. The molecule has 0 atom stereocenters. The molecule has 100 valence electrons. The largest absolute Gasteiger partial charge is 0.339 e. The van der Waals surface area contributed by atoms with Crippen LogP contribution in [0.15, 0.2) is 28.8 Å². The maximum Gasteiger partial charge on any atom is 0.229 e. The number of hydrogen-bond donors (Lipinski definition) is 1. The van der Waals surface area contributed by atoms with Crippen LogP contribution in [0.1, 0.15) is 41.6 Å². The molecule has 0 saturated carbocycles. The standard InChI is InChI=1S/C15H19N3O/c1-11-2-4-12(5-3-11)10-14-17-15(19-18-14)13-6-8-16-9-7-13/h2-5,13,16H,6-10H2,1H3. The van der Waals surface area contributed by atoms with Gasteiger partial charge < -0.3 is 9.84 Å². The molecular formula is C15H19N3O. The molecule has 2 heterocycles. The van der Waals surface area contributed by atoms with E-state index in [-0.39, 0.29) is 0 Å². The van der Waals surface area contributed by atoms with Gasteiger partial charge in [-0.1, -0.05) is 35.0 Å². The molecule has 0 radical (unpaired) electrons. The van der Waals surface area contributed by atoms with Gasteiger partial charge in [-0.05, 0) is 38.4 Å². The Labute approximate surface area is 113 Å². The Kier molecular flexibility index (Phi) is 3.60. The van der Waals surface area contributed by atoms with E-state index in [1.54, 1.807) is 0 Å². The van der Waals surface area contributed by atoms with Gasteiger partial charge in [0.15, 0.2) is 5.82 Å². The van der Waals surface area contributed by atoms with E-state index in [4.69, 9.17) is 4.52 Å². The van der Waals surface area contributed by atoms with Crippen molar-refractivity contribution in [2.24, 2.45) is 0 Å². The summed E-state index contributed by atoms with van der Waals surface area (Å²) in [6.45, 7) is 4.17. The quantitative estimate of drug-likeness (QED) is 0.917. The van der Waals surface area contributed by atoms with Crippen molar-refractivity contribution in [3.8, 4) is 0 Å². The second kappa shape index (κ2) is 5.53. The highest BCUT2D eigenvalue weighted by Crippen LogP contribution is 2.23. The number of aryl methyl sites for hydroxylation is 1. The van der Waals surface area contributed by atoms with Crippen LogP contribution in [0.2, 0.25) is 0 Å². The van der Waals surface area contributed by atoms with Gasteiger partial charge in [0.1, 0.15) is 0 Å². The Hall–Kier alpha value is -1.68. The average Bonchev–Trinajstić information content (AvgIpc) is 2.91. The lowest BCUT2D eigenvalue weighted by molar-refractivity contribution is 0.318. The van der Waals surface area contributed by atoms with Gasteiger partial charge in [0.25, 0.3) is 0 Å². The summed E-state index contributed by atoms with van der Waals surface area (Å²) in [5, 5.41) is 7.45. The Morgan fingerprint density at radius 3 is 2.68 bits per heavy atom. The SMILES string of the molecule is Cc1ccc(Cc2noc(C3CCNCC3)n2)cc1. The van der Waals surface area contributed by atoms with Gasteiger partial charge in [0.05, 0.1) is 0 Å². The predicted octanol–water partition coefficient (Wildman–Crippen LogP) is 2.44. The zero-order chi connectivity index (χ0) is 13.1. The molecule has 0 unspecified atom stereocenters. The fourth-order valence-electron chi connectivity index (χ4n) is 2.46. The summed E-state index contributed by atoms with van der Waals surface area (Å²) >= 11 is 0. The first-order chi connectivity index (χ1) is 9.31. The Morgan fingerprint density at radius 1 is 1.21 bits per heavy atom. The van der Waals surface area contributed by atoms with Crippen LogP contribution >= 0.6 is 0 Å². The van der Waals surface area contributed by atoms with Crippen LogP contribution in [0.4, 0.5) is 0 Å². The van der Waals surface area contributed by atoms with Crippen LogP contribution in [0, 0.1) is 6.92 Å². The molecule has 1 aliphatic rings. The topological polar surface area (TPSA) is 51.0 Å². The lowest BCUT2D eigenvalue weighted by Gasteiger charge is -2.18. The number of rotatable bonds is 3. The first-order valence-corrected chi connectivity index (χ1v) is 6.90. The number of nitrogens with zero attached hydrogens (tertiary/aromatic N) is 2. The molecule has 4 nitrogen and oxygen atoms in total. The smallest absolute Gasteiger partial charge is 0.229 e. The van der Waals surface area contributed by atoms with Gasteiger partial charge in [0, 0.05) is 12.3 Å². The van der Waals surface area contributed by atoms with Crippen molar-refractivity contribution in [2.75, 3.05) is 13.1 Å². The fraction of sp³-hybridized carbons (Fsp3) is 0.467. The molecule has 0 bridgehead atoms. The molecule has 19 heavy (non-hydrogen) atoms. The zero-order valence-electron chi connectivity index (χ0n) is 11.2. The number of hydrogen-bond acceptors (Lipinski definition) is 4. The van der Waals surface area contributed by atoms with Crippen LogP contribution in [0.5, 0.6) is 0 Å². The lowest BCUT2D eigenvalue weighted by Crippen LogP contribution is -2.26. The van der Waals surface area contributed by atoms with Crippen LogP contribution < -0.4 is 5.32 Å². The van der Waals surface area contributed by atoms with E-state index in [1.807, 2.05) is 0 Å². The zero-order valence-corrected chi connectivity index (χ0v) is 11.2. The van der Waals surface area contributed by atoms with E-state index in [2.05, 4.69) is 46.6 Å². The van der Waals surface area contributed by atoms with E-state index in [1.165, 1.54) is 11.1 Å². The minimum Gasteiger partial charge on any atom is -0.339 e. The summed E-state index contributed by atoms with van der Waals surface area (Å²) < 4.78 is 5.41. The maximum absolute atomic E-state index is 5.41. The van der Waals surface area contributed by atoms with Gasteiger partial charge in [-0.3, -0.25) is 0 Å². The van der Waals surface area contributed by atoms with Gasteiger partial charge in [-0.2, -0.15) is 4.98 Å². The van der Waals surface area contributed by atoms with Crippen LogP contribution in [0.3, 0.4) is 0 Å². The minimum absolute atomic E-state index is 0.431. The molecule has 0 amide bonds. The van der Waals surface area contributed by atoms with Crippen LogP contribution in [-0.2, 0) is 6.42 Å². The first kappa shape index (κ1) is 12.4. The molecule has 0 spiro atoms. The van der Waals surface area contributed by atoms with Crippen molar-refractivity contribution in [2.45, 2.75) is 32.1 Å². The second-order valence-electron chi connectivity index (χ2n) is 5.24. The Morgan fingerprint density at radius 2 is 1.95 bits per heavy atom. The third kappa shape index (κ3) is 3.01. The number of piperidine rings is 1. The van der Waals surface area contributed by atoms with Crippen molar-refractivity contribution < 1.29 is 4.52 Å². The molecule has 1 aromatic carbocycles. The second-order valence-corrected chi connectivity index (χ2v) is 5.24. The molecule has 1 aromatic heterocycles. The predicted molar refractivity (Wildman–Crippen MR) is 73.1 cm³/mol. The highest BCUT2D eigenvalue weighted by atomic mass is 16.5. The molecule has 1 fully saturated rings. The van der Waals surface area contributed by atoms with Crippen LogP contribution in [-0.4, -0.2) is 23.2 Å². The number of benzene rings is 1. The van der Waals surface area contributed by atoms with Crippen molar-refractivity contribution in [1.29, 1.82) is 0 Å². The molecule has 2 aromatic rings. The summed E-state index contributed by atoms with van der Waals surface area (Å²) in [5.74, 6) is 2.03. The fourth-order valence-corrected chi connectivity index (χ4v) is 2.46. The van der Waals surface area contributed by atoms with Gasteiger partial charge in [-0.25, -0.2) is 0 Å². The minimum atomic E-state index is 0.431. The van der Waals surface area contributed by atoms with E-state index in [0.29, 0.717) is 5.92 Å². The highest BCUT2D eigenvalue weighted by Gasteiger charge is 2.21. The van der Waals surface area contributed by atoms with E-state index >= 15 is 0 Å². The van der Waals surface area contributed by atoms with Gasteiger partial charge in [-0.15, -0.1) is 0 Å². The summed E-state index contributed by atoms with van der Waals surface area (Å²) in [6, 6.07) is 8.47. The monoisotopic (exact) mass is 257 g/mol. The van der Waals surface area contributed by atoms with E-state index in [0.717, 1.165) is 44.1 Å². The molecular weight excluding hydrogens is 238 g/mol. The summed E-state index contributed by atoms with van der Waals surface area (Å²) in [4.78, 5) is 4.55. The molecule has 1 saturated heterocycles. The molecule has 1 aliphatic heterocycles. The van der Waals surface area contributed by atoms with Crippen LogP contribution in [0.25, 0.3) is 0 Å². The number of nitrogens with one attached hydrogen (secondary N) is 1. The highest BCUT2D eigenvalue weighted by molar-refractivity contribution is 5.23. The Bertz CT molecular complexity index is 527. The van der Waals surface area contributed by atoms with Crippen molar-refractivity contribution in [3.05, 3.63) is 47.1 Å². The molecule has 4 heteroatoms. The van der Waals surface area contributed by atoms with Crippen molar-refractivity contribution >= 4 is 0 Å². The average molecular weight is 257 g/mol. The molecule has 0 aliphatic carbocycles. The Balaban J connectivity index is 1.68. The number of aromatic nitrogens is 2. The molecule has 3 rings (SSSR count). The third-order valence-electron chi connectivity index (χ3n) is 3.66. The van der Waals surface area contributed by atoms with Crippen molar-refractivity contribution in [1.82, 2.24) is 15.5 Å². The summed E-state index contributed by atoms with van der Waals surface area (Å²) in [5.41, 5.74) is 2.50. The van der Waals surface area contributed by atoms with Gasteiger partial charge in [0.2, 0.25) is 5.89 Å². The van der Waals surface area contributed by atoms with E-state index < -0.39 is 0 Å². The van der Waals surface area contributed by atoms with Crippen molar-refractivity contribution in [3.63, 3.8) is 0 Å². The normalized spacial score (nSPS) is 16.7. The first-order valence-electron chi connectivity index (χ1n) is 6.90.